The van der Waals surface area contributed by atoms with Crippen LogP contribution in [0.25, 0.3) is 0 Å². The lowest BCUT2D eigenvalue weighted by molar-refractivity contribution is -0.118. The third kappa shape index (κ3) is 5.06. The van der Waals surface area contributed by atoms with Crippen LogP contribution in [-0.4, -0.2) is 61.5 Å². The number of hydrogen-bond donors (Lipinski definition) is 0. The molecule has 3 heterocycles. The lowest BCUT2D eigenvalue weighted by atomic mass is 9.95. The SMILES string of the molecule is O=C1N=C(CSC2CCOCC2)N=C2C=C(OCC3CCOCC3)C=C(Cl)C12. The van der Waals surface area contributed by atoms with Crippen LogP contribution >= 0.6 is 23.4 Å². The van der Waals surface area contributed by atoms with Crippen molar-refractivity contribution in [3.05, 3.63) is 22.9 Å². The number of allylic oxidation sites excluding steroid dienone is 2. The molecule has 3 aliphatic heterocycles. The second-order valence-corrected chi connectivity index (χ2v) is 9.13. The molecule has 1 amide bonds. The molecule has 0 radical (unpaired) electrons. The topological polar surface area (TPSA) is 69.5 Å². The molecule has 0 aromatic heterocycles. The second-order valence-electron chi connectivity index (χ2n) is 7.40. The van der Waals surface area contributed by atoms with E-state index in [-0.39, 0.29) is 5.91 Å². The van der Waals surface area contributed by atoms with E-state index >= 15 is 0 Å². The summed E-state index contributed by atoms with van der Waals surface area (Å²) in [6, 6.07) is 0. The van der Waals surface area contributed by atoms with Crippen molar-refractivity contribution in [2.75, 3.05) is 38.8 Å². The number of carbonyl (C=O) groups is 1. The number of amides is 1. The Morgan fingerprint density at radius 3 is 2.54 bits per heavy atom. The number of rotatable bonds is 6. The number of hydrogen-bond acceptors (Lipinski definition) is 6. The van der Waals surface area contributed by atoms with Crippen molar-refractivity contribution >= 4 is 40.8 Å². The van der Waals surface area contributed by atoms with Crippen LogP contribution in [0.15, 0.2) is 32.9 Å². The molecule has 152 valence electrons. The second kappa shape index (κ2) is 9.57. The summed E-state index contributed by atoms with van der Waals surface area (Å²) in [6.07, 6.45) is 7.63. The summed E-state index contributed by atoms with van der Waals surface area (Å²) in [5, 5.41) is 0.960. The highest BCUT2D eigenvalue weighted by atomic mass is 35.5. The van der Waals surface area contributed by atoms with Gasteiger partial charge in [0.1, 0.15) is 17.5 Å². The average molecular weight is 425 g/mol. The summed E-state index contributed by atoms with van der Waals surface area (Å²) < 4.78 is 16.7. The number of nitrogens with zero attached hydrogens (tertiary/aromatic N) is 2. The highest BCUT2D eigenvalue weighted by Gasteiger charge is 2.34. The molecule has 1 atom stereocenters. The molecule has 0 N–H and O–H groups in total. The van der Waals surface area contributed by atoms with Crippen LogP contribution in [0.5, 0.6) is 0 Å². The van der Waals surface area contributed by atoms with Crippen LogP contribution in [0, 0.1) is 11.8 Å². The van der Waals surface area contributed by atoms with E-state index in [1.807, 2.05) is 6.08 Å². The van der Waals surface area contributed by atoms with E-state index in [9.17, 15) is 4.79 Å². The lowest BCUT2D eigenvalue weighted by Gasteiger charge is -2.26. The maximum atomic E-state index is 12.5. The van der Waals surface area contributed by atoms with Crippen LogP contribution in [0.1, 0.15) is 25.7 Å². The van der Waals surface area contributed by atoms with E-state index in [1.54, 1.807) is 17.8 Å². The molecule has 0 saturated carbocycles. The number of amidine groups is 1. The van der Waals surface area contributed by atoms with Gasteiger partial charge in [0.15, 0.2) is 0 Å². The summed E-state index contributed by atoms with van der Waals surface area (Å²) in [6.45, 7) is 3.81. The monoisotopic (exact) mass is 424 g/mol. The molecule has 4 aliphatic rings. The van der Waals surface area contributed by atoms with Crippen molar-refractivity contribution in [3.63, 3.8) is 0 Å². The first-order valence-electron chi connectivity index (χ1n) is 9.87. The highest BCUT2D eigenvalue weighted by molar-refractivity contribution is 8.00. The van der Waals surface area contributed by atoms with Crippen molar-refractivity contribution in [2.24, 2.45) is 21.8 Å². The fourth-order valence-corrected chi connectivity index (χ4v) is 5.00. The summed E-state index contributed by atoms with van der Waals surface area (Å²) in [5.74, 6) is 1.52. The molecular weight excluding hydrogens is 400 g/mol. The van der Waals surface area contributed by atoms with Gasteiger partial charge in [-0.15, -0.1) is 0 Å². The fourth-order valence-electron chi connectivity index (χ4n) is 3.65. The summed E-state index contributed by atoms with van der Waals surface area (Å²) in [4.78, 5) is 21.3. The van der Waals surface area contributed by atoms with Crippen molar-refractivity contribution in [1.29, 1.82) is 0 Å². The quantitative estimate of drug-likeness (QED) is 0.653. The standard InChI is InChI=1S/C20H25ClN2O4S/c21-16-9-14(27-11-13-1-5-25-6-2-13)10-17-19(16)20(24)23-18(22-17)12-28-15-3-7-26-8-4-15/h9-10,13,15,19H,1-8,11-12H2. The molecule has 1 aliphatic carbocycles. The van der Waals surface area contributed by atoms with Gasteiger partial charge in [0, 0.05) is 42.8 Å². The van der Waals surface area contributed by atoms with Gasteiger partial charge in [-0.3, -0.25) is 4.79 Å². The molecule has 0 spiro atoms. The molecule has 8 heteroatoms. The van der Waals surface area contributed by atoms with Gasteiger partial charge in [0.05, 0.1) is 18.1 Å². The minimum atomic E-state index is -0.589. The van der Waals surface area contributed by atoms with Gasteiger partial charge in [-0.25, -0.2) is 4.99 Å². The molecule has 2 saturated heterocycles. The summed E-state index contributed by atoms with van der Waals surface area (Å²) in [5.41, 5.74) is 0.636. The van der Waals surface area contributed by atoms with E-state index in [0.717, 1.165) is 52.1 Å². The minimum Gasteiger partial charge on any atom is -0.493 e. The van der Waals surface area contributed by atoms with Gasteiger partial charge in [-0.05, 0) is 37.7 Å². The van der Waals surface area contributed by atoms with Crippen LogP contribution < -0.4 is 0 Å². The van der Waals surface area contributed by atoms with Crippen molar-refractivity contribution in [1.82, 2.24) is 0 Å². The summed E-state index contributed by atoms with van der Waals surface area (Å²) in [7, 11) is 0. The number of aliphatic imine (C=N–C) groups is 2. The number of halogens is 1. The van der Waals surface area contributed by atoms with Crippen molar-refractivity contribution in [3.8, 4) is 0 Å². The Morgan fingerprint density at radius 1 is 1.07 bits per heavy atom. The van der Waals surface area contributed by atoms with Gasteiger partial charge in [0.2, 0.25) is 0 Å². The molecule has 0 aromatic rings. The first kappa shape index (κ1) is 20.1. The Hall–Kier alpha value is -1.15. The molecular formula is C20H25ClN2O4S. The smallest absolute Gasteiger partial charge is 0.261 e. The maximum absolute atomic E-state index is 12.5. The molecule has 4 rings (SSSR count). The molecule has 0 aromatic carbocycles. The Balaban J connectivity index is 1.39. The van der Waals surface area contributed by atoms with Gasteiger partial charge in [0.25, 0.3) is 5.91 Å². The van der Waals surface area contributed by atoms with Crippen LogP contribution in [0.3, 0.4) is 0 Å². The molecule has 28 heavy (non-hydrogen) atoms. The molecule has 1 unspecified atom stereocenters. The maximum Gasteiger partial charge on any atom is 0.261 e. The number of carbonyl (C=O) groups excluding carboxylic acids is 1. The Bertz CT molecular complexity index is 722. The van der Waals surface area contributed by atoms with Crippen molar-refractivity contribution in [2.45, 2.75) is 30.9 Å². The Kier molecular flexibility index (Phi) is 6.88. The third-order valence-electron chi connectivity index (χ3n) is 5.33. The Labute approximate surface area is 174 Å². The number of thioether (sulfide) groups is 1. The van der Waals surface area contributed by atoms with Gasteiger partial charge in [-0.1, -0.05) is 11.6 Å². The normalized spacial score (nSPS) is 26.8. The van der Waals surface area contributed by atoms with E-state index in [1.165, 1.54) is 0 Å². The Morgan fingerprint density at radius 2 is 1.79 bits per heavy atom. The zero-order chi connectivity index (χ0) is 19.3. The predicted octanol–water partition coefficient (Wildman–Crippen LogP) is 3.36. The van der Waals surface area contributed by atoms with Gasteiger partial charge in [-0.2, -0.15) is 16.8 Å². The van der Waals surface area contributed by atoms with Crippen LogP contribution in [-0.2, 0) is 19.0 Å². The lowest BCUT2D eigenvalue weighted by Crippen LogP contribution is -2.31. The third-order valence-corrected chi connectivity index (χ3v) is 7.02. The van der Waals surface area contributed by atoms with E-state index in [4.69, 9.17) is 25.8 Å². The number of fused-ring (bicyclic) bond motifs is 1. The zero-order valence-corrected chi connectivity index (χ0v) is 17.3. The average Bonchev–Trinajstić information content (AvgIpc) is 2.72. The summed E-state index contributed by atoms with van der Waals surface area (Å²) >= 11 is 8.17. The van der Waals surface area contributed by atoms with E-state index in [2.05, 4.69) is 9.98 Å². The first-order valence-corrected chi connectivity index (χ1v) is 11.3. The first-order chi connectivity index (χ1) is 13.7. The molecule has 6 nitrogen and oxygen atoms in total. The minimum absolute atomic E-state index is 0.242. The van der Waals surface area contributed by atoms with Gasteiger partial charge < -0.3 is 14.2 Å². The molecule has 2 fully saturated rings. The predicted molar refractivity (Wildman–Crippen MR) is 111 cm³/mol. The number of ether oxygens (including phenoxy) is 3. The fraction of sp³-hybridized carbons (Fsp3) is 0.650. The highest BCUT2D eigenvalue weighted by Crippen LogP contribution is 2.31. The van der Waals surface area contributed by atoms with Crippen molar-refractivity contribution < 1.29 is 19.0 Å². The van der Waals surface area contributed by atoms with E-state index < -0.39 is 5.92 Å². The van der Waals surface area contributed by atoms with E-state index in [0.29, 0.717) is 45.9 Å². The van der Waals surface area contributed by atoms with Crippen LogP contribution in [0.4, 0.5) is 0 Å². The van der Waals surface area contributed by atoms with Crippen LogP contribution in [0.2, 0.25) is 0 Å². The largest absolute Gasteiger partial charge is 0.493 e. The molecule has 0 bridgehead atoms. The van der Waals surface area contributed by atoms with Gasteiger partial charge >= 0.3 is 0 Å². The zero-order valence-electron chi connectivity index (χ0n) is 15.8.